The number of hydrogen-bond donors (Lipinski definition) is 0. The number of hydrogen-bond acceptors (Lipinski definition) is 6. The lowest BCUT2D eigenvalue weighted by Crippen LogP contribution is -2.48. The molecule has 0 spiro atoms. The third-order valence-electron chi connectivity index (χ3n) is 5.88. The number of furan rings is 1. The highest BCUT2D eigenvalue weighted by Crippen LogP contribution is 2.32. The van der Waals surface area contributed by atoms with E-state index in [9.17, 15) is 9.18 Å². The van der Waals surface area contributed by atoms with Crippen molar-refractivity contribution in [3.8, 4) is 0 Å². The fourth-order valence-corrected chi connectivity index (χ4v) is 5.12. The van der Waals surface area contributed by atoms with Gasteiger partial charge in [-0.1, -0.05) is 47.6 Å². The number of thioether (sulfide) groups is 1. The van der Waals surface area contributed by atoms with Crippen LogP contribution in [0, 0.1) is 5.82 Å². The van der Waals surface area contributed by atoms with E-state index < -0.39 is 0 Å². The summed E-state index contributed by atoms with van der Waals surface area (Å²) in [6, 6.07) is 14.2. The van der Waals surface area contributed by atoms with Crippen LogP contribution < -0.4 is 0 Å². The van der Waals surface area contributed by atoms with E-state index in [1.165, 1.54) is 17.8 Å². The lowest BCUT2D eigenvalue weighted by Gasteiger charge is -2.34. The van der Waals surface area contributed by atoms with Crippen molar-refractivity contribution in [3.05, 3.63) is 88.7 Å². The van der Waals surface area contributed by atoms with Gasteiger partial charge in [-0.3, -0.25) is 9.69 Å². The molecule has 0 bridgehead atoms. The zero-order valence-corrected chi connectivity index (χ0v) is 19.9. The fourth-order valence-electron chi connectivity index (χ4n) is 4.07. The number of benzene rings is 2. The fraction of sp³-hybridized carbons (Fsp3) is 0.240. The Morgan fingerprint density at radius 2 is 1.76 bits per heavy atom. The SMILES string of the molecule is O=C(c1oc2ccccc2c1CSc1ncccn1)N1CCN(Cc2c(F)cccc2Cl)CC1. The highest BCUT2D eigenvalue weighted by molar-refractivity contribution is 7.98. The number of piperazine rings is 1. The van der Waals surface area contributed by atoms with Crippen LogP contribution in [0.1, 0.15) is 21.7 Å². The van der Waals surface area contributed by atoms with Crippen molar-refractivity contribution in [2.75, 3.05) is 26.2 Å². The molecule has 6 nitrogen and oxygen atoms in total. The standard InChI is InChI=1S/C25H22ClFN4O2S/c26-20-6-3-7-21(27)18(20)15-30-11-13-31(14-12-30)24(32)23-19(16-34-25-28-9-4-10-29-25)17-5-1-2-8-22(17)33-23/h1-10H,11-16H2. The van der Waals surface area contributed by atoms with Gasteiger partial charge in [0.2, 0.25) is 0 Å². The Balaban J connectivity index is 1.31. The first-order valence-corrected chi connectivity index (χ1v) is 12.3. The maximum Gasteiger partial charge on any atom is 0.290 e. The minimum atomic E-state index is -0.308. The third kappa shape index (κ3) is 4.80. The topological polar surface area (TPSA) is 62.5 Å². The van der Waals surface area contributed by atoms with Gasteiger partial charge >= 0.3 is 0 Å². The molecule has 2 aromatic carbocycles. The molecule has 174 valence electrons. The Morgan fingerprint density at radius 1 is 1.00 bits per heavy atom. The molecule has 0 unspecified atom stereocenters. The summed E-state index contributed by atoms with van der Waals surface area (Å²) in [7, 11) is 0. The predicted octanol–water partition coefficient (Wildman–Crippen LogP) is 5.27. The first-order valence-electron chi connectivity index (χ1n) is 10.9. The second kappa shape index (κ2) is 10.1. The maximum atomic E-state index is 14.2. The number of amides is 1. The van der Waals surface area contributed by atoms with E-state index in [4.69, 9.17) is 16.0 Å². The van der Waals surface area contributed by atoms with Crippen molar-refractivity contribution in [2.24, 2.45) is 0 Å². The van der Waals surface area contributed by atoms with Crippen molar-refractivity contribution >= 4 is 40.2 Å². The number of nitrogens with zero attached hydrogens (tertiary/aromatic N) is 4. The van der Waals surface area contributed by atoms with E-state index in [2.05, 4.69) is 14.9 Å². The molecule has 0 saturated carbocycles. The Hall–Kier alpha value is -2.94. The van der Waals surface area contributed by atoms with E-state index >= 15 is 0 Å². The minimum absolute atomic E-state index is 0.135. The molecule has 1 aliphatic rings. The molecule has 0 atom stereocenters. The molecule has 2 aromatic heterocycles. The molecular weight excluding hydrogens is 475 g/mol. The summed E-state index contributed by atoms with van der Waals surface area (Å²) in [4.78, 5) is 25.9. The van der Waals surface area contributed by atoms with Gasteiger partial charge in [0.15, 0.2) is 10.9 Å². The van der Waals surface area contributed by atoms with Gasteiger partial charge in [-0.25, -0.2) is 14.4 Å². The first-order chi connectivity index (χ1) is 16.6. The van der Waals surface area contributed by atoms with Crippen molar-refractivity contribution in [2.45, 2.75) is 17.5 Å². The maximum absolute atomic E-state index is 14.2. The van der Waals surface area contributed by atoms with E-state index in [0.29, 0.717) is 65.6 Å². The number of halogens is 2. The molecule has 3 heterocycles. The number of aromatic nitrogens is 2. The zero-order chi connectivity index (χ0) is 23.5. The van der Waals surface area contributed by atoms with Crippen LogP contribution in [-0.4, -0.2) is 51.9 Å². The van der Waals surface area contributed by atoms with Crippen LogP contribution in [0.5, 0.6) is 0 Å². The van der Waals surface area contributed by atoms with Gasteiger partial charge in [-0.15, -0.1) is 0 Å². The Labute approximate surface area is 205 Å². The van der Waals surface area contributed by atoms with Gasteiger partial charge in [0.25, 0.3) is 5.91 Å². The molecule has 1 amide bonds. The van der Waals surface area contributed by atoms with Crippen LogP contribution in [0.25, 0.3) is 11.0 Å². The van der Waals surface area contributed by atoms with Crippen molar-refractivity contribution < 1.29 is 13.6 Å². The van der Waals surface area contributed by atoms with Crippen molar-refractivity contribution in [1.82, 2.24) is 19.8 Å². The van der Waals surface area contributed by atoms with Crippen LogP contribution in [0.4, 0.5) is 4.39 Å². The largest absolute Gasteiger partial charge is 0.451 e. The van der Waals surface area contributed by atoms with Gasteiger partial charge in [0, 0.05) is 72.4 Å². The van der Waals surface area contributed by atoms with E-state index in [1.807, 2.05) is 24.3 Å². The number of fused-ring (bicyclic) bond motifs is 1. The molecule has 9 heteroatoms. The lowest BCUT2D eigenvalue weighted by molar-refractivity contribution is 0.0597. The average molecular weight is 497 g/mol. The smallest absolute Gasteiger partial charge is 0.290 e. The number of carbonyl (C=O) groups excluding carboxylic acids is 1. The van der Waals surface area contributed by atoms with Crippen LogP contribution >= 0.6 is 23.4 Å². The predicted molar refractivity (Wildman–Crippen MR) is 130 cm³/mol. The normalized spacial score (nSPS) is 14.6. The molecule has 34 heavy (non-hydrogen) atoms. The van der Waals surface area contributed by atoms with Crippen molar-refractivity contribution in [3.63, 3.8) is 0 Å². The highest BCUT2D eigenvalue weighted by Gasteiger charge is 2.28. The summed E-state index contributed by atoms with van der Waals surface area (Å²) in [6.07, 6.45) is 3.39. The lowest BCUT2D eigenvalue weighted by atomic mass is 10.1. The van der Waals surface area contributed by atoms with Crippen LogP contribution in [0.3, 0.4) is 0 Å². The molecule has 5 rings (SSSR count). The number of carbonyl (C=O) groups is 1. The Bertz CT molecular complexity index is 1290. The van der Waals surface area contributed by atoms with Gasteiger partial charge in [0.05, 0.1) is 0 Å². The molecule has 1 fully saturated rings. The van der Waals surface area contributed by atoms with Crippen LogP contribution in [-0.2, 0) is 12.3 Å². The Morgan fingerprint density at radius 3 is 2.53 bits per heavy atom. The summed E-state index contributed by atoms with van der Waals surface area (Å²) in [5, 5.41) is 1.99. The monoisotopic (exact) mass is 496 g/mol. The molecule has 4 aromatic rings. The molecule has 0 aliphatic carbocycles. The second-order valence-electron chi connectivity index (χ2n) is 7.99. The number of para-hydroxylation sites is 1. The first kappa shape index (κ1) is 22.8. The van der Waals surface area contributed by atoms with Gasteiger partial charge in [-0.2, -0.15) is 0 Å². The van der Waals surface area contributed by atoms with Gasteiger partial charge in [0.1, 0.15) is 11.4 Å². The average Bonchev–Trinajstić information content (AvgIpc) is 3.24. The molecule has 1 saturated heterocycles. The Kier molecular flexibility index (Phi) is 6.80. The quantitative estimate of drug-likeness (QED) is 0.268. The third-order valence-corrected chi connectivity index (χ3v) is 7.14. The van der Waals surface area contributed by atoms with E-state index in [0.717, 1.165) is 10.9 Å². The second-order valence-corrected chi connectivity index (χ2v) is 9.34. The summed E-state index contributed by atoms with van der Waals surface area (Å²) >= 11 is 7.65. The van der Waals surface area contributed by atoms with Crippen LogP contribution in [0.2, 0.25) is 5.02 Å². The summed E-state index contributed by atoms with van der Waals surface area (Å²) < 4.78 is 20.2. The molecule has 0 radical (unpaired) electrons. The van der Waals surface area contributed by atoms with Gasteiger partial charge < -0.3 is 9.32 Å². The van der Waals surface area contributed by atoms with Crippen molar-refractivity contribution in [1.29, 1.82) is 0 Å². The summed E-state index contributed by atoms with van der Waals surface area (Å²) in [6.45, 7) is 2.71. The zero-order valence-electron chi connectivity index (χ0n) is 18.3. The highest BCUT2D eigenvalue weighted by atomic mass is 35.5. The summed E-state index contributed by atoms with van der Waals surface area (Å²) in [5.41, 5.74) is 2.02. The summed E-state index contributed by atoms with van der Waals surface area (Å²) in [5.74, 6) is 0.436. The molecular formula is C25H22ClFN4O2S. The number of rotatable bonds is 6. The van der Waals surface area contributed by atoms with E-state index in [1.54, 1.807) is 35.5 Å². The van der Waals surface area contributed by atoms with Crippen LogP contribution in [0.15, 0.2) is 70.5 Å². The van der Waals surface area contributed by atoms with Gasteiger partial charge in [-0.05, 0) is 24.3 Å². The molecule has 0 N–H and O–H groups in total. The molecule has 1 aliphatic heterocycles. The van der Waals surface area contributed by atoms with E-state index in [-0.39, 0.29) is 11.7 Å². The minimum Gasteiger partial charge on any atom is -0.451 e.